The van der Waals surface area contributed by atoms with E-state index in [4.69, 9.17) is 9.47 Å². The molecule has 1 aromatic heterocycles. The van der Waals surface area contributed by atoms with Crippen LogP contribution in [0.1, 0.15) is 10.4 Å². The minimum atomic E-state index is -7.22. The van der Waals surface area contributed by atoms with Crippen LogP contribution in [-0.4, -0.2) is 30.1 Å². The third-order valence-electron chi connectivity index (χ3n) is 9.56. The van der Waals surface area contributed by atoms with Gasteiger partial charge in [-0.1, -0.05) is 30.3 Å². The lowest BCUT2D eigenvalue weighted by Crippen LogP contribution is -2.81. The van der Waals surface area contributed by atoms with Crippen molar-refractivity contribution < 1.29 is 107 Å². The summed E-state index contributed by atoms with van der Waals surface area (Å²) >= 11 is 0. The minimum Gasteiger partial charge on any atom is -0.467 e. The first-order chi connectivity index (χ1) is 30.0. The van der Waals surface area contributed by atoms with E-state index in [9.17, 15) is 57.5 Å². The Morgan fingerprint density at radius 3 is 1.08 bits per heavy atom. The molecule has 0 saturated carbocycles. The van der Waals surface area contributed by atoms with Crippen molar-refractivity contribution in [3.8, 4) is 11.8 Å². The summed E-state index contributed by atoms with van der Waals surface area (Å²) in [4.78, 5) is 16.2. The van der Waals surface area contributed by atoms with Gasteiger partial charge in [0.2, 0.25) is 12.3 Å². The van der Waals surface area contributed by atoms with E-state index in [0.717, 1.165) is 0 Å². The van der Waals surface area contributed by atoms with Gasteiger partial charge in [0.15, 0.2) is 76.0 Å². The minimum absolute atomic E-state index is 0.0215. The monoisotopic (exact) mass is 936 g/mol. The molecule has 5 aromatic carbocycles. The number of carbonyl (C=O) groups excluding carboxylic acids is 1. The molecule has 0 fully saturated rings. The quantitative estimate of drug-likeness (QED) is 0.0439. The Hall–Kier alpha value is -6.89. The Morgan fingerprint density at radius 2 is 0.750 bits per heavy atom. The smallest absolute Gasteiger partial charge is 0.432 e. The van der Waals surface area contributed by atoms with Crippen molar-refractivity contribution in [2.45, 2.75) is 6.54 Å². The number of benzene rings is 5. The molecule has 2 heterocycles. The molecular formula is C38H13BF20N2O3. The Bertz CT molecular complexity index is 2520. The number of rotatable bonds is 7. The van der Waals surface area contributed by atoms with Gasteiger partial charge in [-0.2, -0.15) is 4.57 Å². The maximum atomic E-state index is 15.4. The molecule has 0 spiro atoms. The average molecular weight is 936 g/mol. The molecule has 0 radical (unpaired) electrons. The number of Topliss-reactive ketones (excluding diaryl/α,β-unsaturated/α-hetero) is 1. The molecule has 0 amide bonds. The van der Waals surface area contributed by atoms with Crippen LogP contribution in [0.15, 0.2) is 42.7 Å². The summed E-state index contributed by atoms with van der Waals surface area (Å²) < 4.78 is 307. The van der Waals surface area contributed by atoms with Crippen molar-refractivity contribution in [3.05, 3.63) is 165 Å². The second kappa shape index (κ2) is 17.4. The highest BCUT2D eigenvalue weighted by Gasteiger charge is 2.52. The van der Waals surface area contributed by atoms with Crippen LogP contribution in [0.25, 0.3) is 0 Å². The SMILES string of the molecule is Fc1c(F)c(F)c([B-](c2c(F)c(F)c(F)c(F)c2F)(c2c(F)c(F)c(F)c(F)c2F)c2c(F)c(F)c(F)c(F)c2F)c(F)c1F.O=C(C[n+]1ccnc2c1OCCO2)c1ccccc1. The number of halogens is 20. The molecule has 0 N–H and O–H groups in total. The molecule has 1 aliphatic rings. The van der Waals surface area contributed by atoms with Gasteiger partial charge >= 0.3 is 11.8 Å². The lowest BCUT2D eigenvalue weighted by Gasteiger charge is -2.44. The van der Waals surface area contributed by atoms with Gasteiger partial charge in [0.1, 0.15) is 65.9 Å². The maximum Gasteiger partial charge on any atom is 0.432 e. The van der Waals surface area contributed by atoms with Gasteiger partial charge in [-0.05, 0) is 0 Å². The lowest BCUT2D eigenvalue weighted by atomic mass is 9.12. The maximum absolute atomic E-state index is 15.4. The van der Waals surface area contributed by atoms with E-state index in [1.165, 1.54) is 0 Å². The molecular weight excluding hydrogens is 923 g/mol. The van der Waals surface area contributed by atoms with E-state index < -0.39 is 144 Å². The van der Waals surface area contributed by atoms with Crippen molar-refractivity contribution in [1.82, 2.24) is 4.98 Å². The normalized spacial score (nSPS) is 12.3. The Morgan fingerprint density at radius 1 is 0.453 bits per heavy atom. The van der Waals surface area contributed by atoms with Gasteiger partial charge < -0.3 is 9.47 Å². The van der Waals surface area contributed by atoms with E-state index in [1.54, 1.807) is 29.1 Å². The van der Waals surface area contributed by atoms with Gasteiger partial charge in [0, 0.05) is 5.56 Å². The van der Waals surface area contributed by atoms with Gasteiger partial charge in [-0.3, -0.25) is 4.79 Å². The number of ether oxygens (including phenoxy) is 2. The fraction of sp³-hybridized carbons (Fsp3) is 0.0789. The van der Waals surface area contributed by atoms with Crippen LogP contribution in [0.5, 0.6) is 11.8 Å². The fourth-order valence-electron chi connectivity index (χ4n) is 6.82. The van der Waals surface area contributed by atoms with Crippen LogP contribution in [0.2, 0.25) is 0 Å². The zero-order chi connectivity index (χ0) is 47.4. The number of nitrogens with zero attached hydrogens (tertiary/aromatic N) is 2. The number of hydrogen-bond donors (Lipinski definition) is 0. The summed E-state index contributed by atoms with van der Waals surface area (Å²) in [5.74, 6) is -70.4. The van der Waals surface area contributed by atoms with Crippen LogP contribution >= 0.6 is 0 Å². The van der Waals surface area contributed by atoms with Gasteiger partial charge in [-0.25, -0.2) is 92.8 Å². The van der Waals surface area contributed by atoms with E-state index >= 15 is 35.1 Å². The first-order valence-corrected chi connectivity index (χ1v) is 17.0. The molecule has 6 aromatic rings. The third kappa shape index (κ3) is 7.16. The predicted octanol–water partition coefficient (Wildman–Crippen LogP) is 6.87. The first kappa shape index (κ1) is 46.6. The number of aromatic nitrogens is 2. The van der Waals surface area contributed by atoms with Crippen LogP contribution in [0.4, 0.5) is 87.8 Å². The summed E-state index contributed by atoms with van der Waals surface area (Å²) in [6, 6.07) is 9.18. The van der Waals surface area contributed by atoms with Crippen LogP contribution in [-0.2, 0) is 6.54 Å². The molecule has 1 aliphatic heterocycles. The average Bonchev–Trinajstić information content (AvgIpc) is 3.29. The van der Waals surface area contributed by atoms with Crippen LogP contribution in [0.3, 0.4) is 0 Å². The van der Waals surface area contributed by atoms with Crippen LogP contribution in [0, 0.1) is 116 Å². The summed E-state index contributed by atoms with van der Waals surface area (Å²) in [5, 5.41) is 0. The van der Waals surface area contributed by atoms with Crippen molar-refractivity contribution in [2.75, 3.05) is 13.2 Å². The molecule has 5 nitrogen and oxygen atoms in total. The van der Waals surface area contributed by atoms with Gasteiger partial charge in [0.05, 0.1) is 6.20 Å². The van der Waals surface area contributed by atoms with Crippen molar-refractivity contribution in [3.63, 3.8) is 0 Å². The molecule has 26 heteroatoms. The summed E-state index contributed by atoms with van der Waals surface area (Å²) in [7, 11) is 0. The second-order valence-electron chi connectivity index (χ2n) is 13.0. The highest BCUT2D eigenvalue weighted by molar-refractivity contribution is 7.20. The van der Waals surface area contributed by atoms with E-state index in [-0.39, 0.29) is 12.3 Å². The molecule has 0 atom stereocenters. The van der Waals surface area contributed by atoms with Crippen molar-refractivity contribution in [1.29, 1.82) is 0 Å². The molecule has 336 valence electrons. The second-order valence-corrected chi connectivity index (χ2v) is 13.0. The fourth-order valence-corrected chi connectivity index (χ4v) is 6.82. The molecule has 7 rings (SSSR count). The summed E-state index contributed by atoms with van der Waals surface area (Å²) in [5.41, 5.74) is -13.7. The third-order valence-corrected chi connectivity index (χ3v) is 9.56. The standard InChI is InChI=1S/C24BF20.C14H13N2O3/c26-5-1(6(27)14(35)21(42)13(5)34)25(2-7(28)15(36)22(43)16(37)8(2)29,3-9(30)17(38)23(44)18(39)10(3)31)4-11(32)19(40)24(45)20(41)12(4)33;17-12(11-4-2-1-3-5-11)10-16-7-6-15-13-14(16)19-9-8-18-13/h;1-7H,8-10H2/q-1;+1. The zero-order valence-electron chi connectivity index (χ0n) is 30.4. The Balaban J connectivity index is 0.000000295. The van der Waals surface area contributed by atoms with Crippen molar-refractivity contribution in [2.24, 2.45) is 0 Å². The number of fused-ring (bicyclic) bond motifs is 1. The lowest BCUT2D eigenvalue weighted by molar-refractivity contribution is -0.690. The number of hydrogen-bond acceptors (Lipinski definition) is 4. The van der Waals surface area contributed by atoms with Crippen molar-refractivity contribution >= 4 is 33.8 Å². The summed E-state index contributed by atoms with van der Waals surface area (Å²) in [6.45, 7) is 1.16. The first-order valence-electron chi connectivity index (χ1n) is 17.0. The molecule has 64 heavy (non-hydrogen) atoms. The number of carbonyl (C=O) groups is 1. The van der Waals surface area contributed by atoms with E-state index in [0.29, 0.717) is 30.5 Å². The van der Waals surface area contributed by atoms with Gasteiger partial charge in [-0.15, -0.1) is 21.9 Å². The number of ketones is 1. The highest BCUT2D eigenvalue weighted by Crippen LogP contribution is 2.31. The zero-order valence-corrected chi connectivity index (χ0v) is 30.4. The highest BCUT2D eigenvalue weighted by atomic mass is 19.2. The predicted molar refractivity (Wildman–Crippen MR) is 175 cm³/mol. The van der Waals surface area contributed by atoms with E-state index in [2.05, 4.69) is 4.98 Å². The summed E-state index contributed by atoms with van der Waals surface area (Å²) in [6.07, 6.45) is -3.90. The van der Waals surface area contributed by atoms with Crippen LogP contribution < -0.4 is 35.9 Å². The molecule has 0 aliphatic carbocycles. The topological polar surface area (TPSA) is 52.3 Å². The molecule has 0 unspecified atom stereocenters. The molecule has 0 saturated heterocycles. The van der Waals surface area contributed by atoms with Gasteiger partial charge in [0.25, 0.3) is 0 Å². The van der Waals surface area contributed by atoms with E-state index in [1.807, 2.05) is 18.2 Å². The molecule has 0 bridgehead atoms. The Labute approximate surface area is 341 Å². The largest absolute Gasteiger partial charge is 0.467 e. The Kier molecular flexibility index (Phi) is 12.6.